The summed E-state index contributed by atoms with van der Waals surface area (Å²) in [6, 6.07) is 9.35. The number of amides is 1. The van der Waals surface area contributed by atoms with Gasteiger partial charge in [-0.3, -0.25) is 4.79 Å². The third kappa shape index (κ3) is 3.05. The van der Waals surface area contributed by atoms with Gasteiger partial charge in [-0.25, -0.2) is 0 Å². The van der Waals surface area contributed by atoms with Crippen molar-refractivity contribution in [3.8, 4) is 0 Å². The molecule has 0 unspecified atom stereocenters. The normalized spacial score (nSPS) is 19.9. The molecule has 2 fully saturated rings. The molecule has 1 amide bonds. The smallest absolute Gasteiger partial charge is 0.227 e. The lowest BCUT2D eigenvalue weighted by molar-refractivity contribution is -0.134. The highest BCUT2D eigenvalue weighted by molar-refractivity contribution is 5.80. The van der Waals surface area contributed by atoms with Gasteiger partial charge in [0.1, 0.15) is 0 Å². The zero-order chi connectivity index (χ0) is 13.9. The van der Waals surface area contributed by atoms with Crippen LogP contribution in [0.1, 0.15) is 56.1 Å². The van der Waals surface area contributed by atoms with Crippen LogP contribution in [0.15, 0.2) is 24.3 Å². The Morgan fingerprint density at radius 2 is 1.70 bits per heavy atom. The summed E-state index contributed by atoms with van der Waals surface area (Å²) >= 11 is 0. The molecule has 1 aromatic carbocycles. The minimum atomic E-state index is 0.355. The zero-order valence-corrected chi connectivity index (χ0v) is 12.5. The lowest BCUT2D eigenvalue weighted by Crippen LogP contribution is -2.43. The van der Waals surface area contributed by atoms with Crippen molar-refractivity contribution in [1.29, 1.82) is 0 Å². The van der Waals surface area contributed by atoms with E-state index in [0.29, 0.717) is 24.4 Å². The van der Waals surface area contributed by atoms with Crippen LogP contribution in [0.3, 0.4) is 0 Å². The van der Waals surface area contributed by atoms with Crippen molar-refractivity contribution in [3.63, 3.8) is 0 Å². The summed E-state index contributed by atoms with van der Waals surface area (Å²) in [7, 11) is 0. The molecule has 2 heteroatoms. The Hall–Kier alpha value is -1.31. The number of rotatable bonds is 4. The van der Waals surface area contributed by atoms with E-state index in [1.807, 2.05) is 12.1 Å². The fraction of sp³-hybridized carbons (Fsp3) is 0.611. The third-order valence-corrected chi connectivity index (χ3v) is 4.80. The molecule has 0 saturated heterocycles. The van der Waals surface area contributed by atoms with Crippen LogP contribution in [0, 0.1) is 6.92 Å². The van der Waals surface area contributed by atoms with E-state index in [0.717, 1.165) is 0 Å². The fourth-order valence-electron chi connectivity index (χ4n) is 3.48. The van der Waals surface area contributed by atoms with Crippen LogP contribution < -0.4 is 0 Å². The van der Waals surface area contributed by atoms with Gasteiger partial charge in [0.15, 0.2) is 0 Å². The zero-order valence-electron chi connectivity index (χ0n) is 12.5. The van der Waals surface area contributed by atoms with Crippen LogP contribution in [-0.4, -0.2) is 22.9 Å². The molecule has 0 N–H and O–H groups in total. The summed E-state index contributed by atoms with van der Waals surface area (Å²) in [6.45, 7) is 2.10. The molecule has 1 aromatic rings. The quantitative estimate of drug-likeness (QED) is 0.814. The van der Waals surface area contributed by atoms with Gasteiger partial charge in [-0.15, -0.1) is 0 Å². The summed E-state index contributed by atoms with van der Waals surface area (Å²) in [5.41, 5.74) is 2.43. The molecule has 2 nitrogen and oxygen atoms in total. The molecule has 2 aliphatic carbocycles. The number of nitrogens with zero attached hydrogens (tertiary/aromatic N) is 1. The first-order valence-electron chi connectivity index (χ1n) is 8.11. The Morgan fingerprint density at radius 3 is 2.35 bits per heavy atom. The molecule has 0 spiro atoms. The van der Waals surface area contributed by atoms with Crippen LogP contribution >= 0.6 is 0 Å². The Balaban J connectivity index is 1.71. The molecule has 0 atom stereocenters. The summed E-state index contributed by atoms with van der Waals surface area (Å²) in [5.74, 6) is 0.355. The van der Waals surface area contributed by atoms with Gasteiger partial charge in [0.25, 0.3) is 0 Å². The lowest BCUT2D eigenvalue weighted by Gasteiger charge is -2.35. The maximum absolute atomic E-state index is 12.8. The molecule has 108 valence electrons. The van der Waals surface area contributed by atoms with Gasteiger partial charge in [-0.05, 0) is 43.7 Å². The Kier molecular flexibility index (Phi) is 4.09. The molecule has 0 aliphatic heterocycles. The second-order valence-electron chi connectivity index (χ2n) is 6.43. The first kappa shape index (κ1) is 13.7. The number of aryl methyl sites for hydroxylation is 1. The maximum Gasteiger partial charge on any atom is 0.227 e. The second-order valence-corrected chi connectivity index (χ2v) is 6.43. The molecular weight excluding hydrogens is 246 g/mol. The lowest BCUT2D eigenvalue weighted by atomic mass is 9.93. The van der Waals surface area contributed by atoms with Crippen molar-refractivity contribution in [2.24, 2.45) is 0 Å². The molecule has 2 saturated carbocycles. The summed E-state index contributed by atoms with van der Waals surface area (Å²) < 4.78 is 0. The second kappa shape index (κ2) is 5.99. The maximum atomic E-state index is 12.8. The van der Waals surface area contributed by atoms with Gasteiger partial charge in [-0.1, -0.05) is 43.5 Å². The van der Waals surface area contributed by atoms with E-state index in [1.165, 1.54) is 56.1 Å². The molecule has 2 aliphatic rings. The van der Waals surface area contributed by atoms with E-state index in [2.05, 4.69) is 24.0 Å². The predicted octanol–water partition coefficient (Wildman–Crippen LogP) is 3.86. The van der Waals surface area contributed by atoms with E-state index in [1.54, 1.807) is 0 Å². The summed E-state index contributed by atoms with van der Waals surface area (Å²) in [4.78, 5) is 15.0. The molecule has 0 heterocycles. The molecule has 3 rings (SSSR count). The van der Waals surface area contributed by atoms with Gasteiger partial charge >= 0.3 is 0 Å². The van der Waals surface area contributed by atoms with E-state index in [-0.39, 0.29) is 0 Å². The third-order valence-electron chi connectivity index (χ3n) is 4.80. The van der Waals surface area contributed by atoms with Crippen molar-refractivity contribution in [2.45, 2.75) is 70.4 Å². The van der Waals surface area contributed by atoms with Crippen molar-refractivity contribution in [2.75, 3.05) is 0 Å². The molecular formula is C18H25NO. The first-order chi connectivity index (χ1) is 9.75. The van der Waals surface area contributed by atoms with Crippen molar-refractivity contribution >= 4 is 5.91 Å². The average molecular weight is 271 g/mol. The van der Waals surface area contributed by atoms with E-state index in [4.69, 9.17) is 0 Å². The number of hydrogen-bond acceptors (Lipinski definition) is 1. The van der Waals surface area contributed by atoms with Crippen LogP contribution in [0.4, 0.5) is 0 Å². The topological polar surface area (TPSA) is 20.3 Å². The summed E-state index contributed by atoms with van der Waals surface area (Å²) in [6.07, 6.45) is 9.40. The molecule has 0 bridgehead atoms. The monoisotopic (exact) mass is 271 g/mol. The number of carbonyl (C=O) groups excluding carboxylic acids is 1. The number of carbonyl (C=O) groups is 1. The van der Waals surface area contributed by atoms with Crippen molar-refractivity contribution in [3.05, 3.63) is 35.4 Å². The molecule has 0 radical (unpaired) electrons. The summed E-state index contributed by atoms with van der Waals surface area (Å²) in [5, 5.41) is 0. The largest absolute Gasteiger partial charge is 0.336 e. The highest BCUT2D eigenvalue weighted by atomic mass is 16.2. The Bertz CT molecular complexity index is 472. The number of hydrogen-bond donors (Lipinski definition) is 0. The van der Waals surface area contributed by atoms with Crippen molar-refractivity contribution in [1.82, 2.24) is 4.90 Å². The van der Waals surface area contributed by atoms with Crippen LogP contribution in [0.2, 0.25) is 0 Å². The Morgan fingerprint density at radius 1 is 1.05 bits per heavy atom. The molecule has 0 aromatic heterocycles. The van der Waals surface area contributed by atoms with Crippen LogP contribution in [0.5, 0.6) is 0 Å². The van der Waals surface area contributed by atoms with Crippen LogP contribution in [-0.2, 0) is 11.2 Å². The van der Waals surface area contributed by atoms with Crippen LogP contribution in [0.25, 0.3) is 0 Å². The SMILES string of the molecule is Cc1ccccc1CC(=O)N(C1CCCCC1)C1CC1. The van der Waals surface area contributed by atoms with Crippen molar-refractivity contribution < 1.29 is 4.79 Å². The van der Waals surface area contributed by atoms with Gasteiger partial charge in [0.05, 0.1) is 6.42 Å². The minimum absolute atomic E-state index is 0.355. The minimum Gasteiger partial charge on any atom is -0.336 e. The standard InChI is InChI=1S/C18H25NO/c1-14-7-5-6-8-15(14)13-18(20)19(17-11-12-17)16-9-3-2-4-10-16/h5-8,16-17H,2-4,9-13H2,1H3. The highest BCUT2D eigenvalue weighted by Crippen LogP contribution is 2.34. The van der Waals surface area contributed by atoms with Gasteiger partial charge < -0.3 is 4.90 Å². The Labute approximate surface area is 122 Å². The highest BCUT2D eigenvalue weighted by Gasteiger charge is 2.37. The molecule has 20 heavy (non-hydrogen) atoms. The van der Waals surface area contributed by atoms with E-state index >= 15 is 0 Å². The van der Waals surface area contributed by atoms with Gasteiger partial charge in [-0.2, -0.15) is 0 Å². The fourth-order valence-corrected chi connectivity index (χ4v) is 3.48. The predicted molar refractivity (Wildman–Crippen MR) is 81.6 cm³/mol. The van der Waals surface area contributed by atoms with E-state index < -0.39 is 0 Å². The van der Waals surface area contributed by atoms with Gasteiger partial charge in [0.2, 0.25) is 5.91 Å². The average Bonchev–Trinajstić information content (AvgIpc) is 3.28. The number of benzene rings is 1. The van der Waals surface area contributed by atoms with E-state index in [9.17, 15) is 4.79 Å². The first-order valence-corrected chi connectivity index (χ1v) is 8.11. The van der Waals surface area contributed by atoms with Gasteiger partial charge in [0, 0.05) is 12.1 Å².